The summed E-state index contributed by atoms with van der Waals surface area (Å²) in [6.45, 7) is 1.63. The molecule has 2 heterocycles. The highest BCUT2D eigenvalue weighted by atomic mass is 16.5. The Morgan fingerprint density at radius 1 is 1.06 bits per heavy atom. The first-order valence-corrected chi connectivity index (χ1v) is 9.10. The molecule has 0 unspecified atom stereocenters. The Hall–Kier alpha value is -4.62. The number of ether oxygens (including phenoxy) is 2. The molecule has 10 nitrogen and oxygen atoms in total. The van der Waals surface area contributed by atoms with Gasteiger partial charge in [0.1, 0.15) is 35.1 Å². The standard InChI is InChI=1S/C21H17N7O3/c1-12(29)25-20-14(9-22)19-21(27-16(11-24)15(10-23)26-19)28(20)7-6-13-4-5-17(30-2)18(8-13)31-3/h4-5,8H,6-7H2,1-3H3,(H,25,29). The number of aryl methyl sites for hydroxylation is 2. The van der Waals surface area contributed by atoms with E-state index in [9.17, 15) is 20.6 Å². The van der Waals surface area contributed by atoms with Crippen molar-refractivity contribution in [1.29, 1.82) is 15.8 Å². The number of rotatable bonds is 6. The van der Waals surface area contributed by atoms with Gasteiger partial charge in [0.2, 0.25) is 5.91 Å². The summed E-state index contributed by atoms with van der Waals surface area (Å²) in [5, 5.41) is 30.9. The first kappa shape index (κ1) is 21.1. The van der Waals surface area contributed by atoms with Crippen LogP contribution in [0.5, 0.6) is 11.5 Å². The van der Waals surface area contributed by atoms with Crippen LogP contribution in [0.15, 0.2) is 18.2 Å². The van der Waals surface area contributed by atoms with Crippen LogP contribution in [0.1, 0.15) is 29.4 Å². The molecule has 0 atom stereocenters. The van der Waals surface area contributed by atoms with E-state index in [2.05, 4.69) is 15.3 Å². The maximum atomic E-state index is 11.8. The van der Waals surface area contributed by atoms with Gasteiger partial charge in [-0.3, -0.25) is 4.79 Å². The summed E-state index contributed by atoms with van der Waals surface area (Å²) in [7, 11) is 3.09. The lowest BCUT2D eigenvalue weighted by Crippen LogP contribution is -2.13. The number of benzene rings is 1. The fourth-order valence-electron chi connectivity index (χ4n) is 3.19. The lowest BCUT2D eigenvalue weighted by molar-refractivity contribution is -0.114. The Kier molecular flexibility index (Phi) is 6.00. The number of hydrogen-bond acceptors (Lipinski definition) is 8. The molecular formula is C21H17N7O3. The van der Waals surface area contributed by atoms with Crippen molar-refractivity contribution in [2.24, 2.45) is 0 Å². The van der Waals surface area contributed by atoms with E-state index in [0.717, 1.165) is 5.56 Å². The SMILES string of the molecule is COc1ccc(CCn2c(NC(C)=O)c(C#N)c3nc(C#N)c(C#N)nc32)cc1OC. The Balaban J connectivity index is 2.14. The van der Waals surface area contributed by atoms with Crippen molar-refractivity contribution in [2.45, 2.75) is 19.9 Å². The van der Waals surface area contributed by atoms with Gasteiger partial charge < -0.3 is 19.4 Å². The number of carbonyl (C=O) groups is 1. The third kappa shape index (κ3) is 3.93. The molecule has 3 rings (SSSR count). The van der Waals surface area contributed by atoms with Crippen LogP contribution in [0.3, 0.4) is 0 Å². The first-order valence-electron chi connectivity index (χ1n) is 9.10. The second kappa shape index (κ2) is 8.81. The van der Waals surface area contributed by atoms with E-state index in [1.807, 2.05) is 30.3 Å². The third-order valence-corrected chi connectivity index (χ3v) is 4.57. The van der Waals surface area contributed by atoms with Gasteiger partial charge in [-0.1, -0.05) is 6.07 Å². The van der Waals surface area contributed by atoms with Gasteiger partial charge in [-0.05, 0) is 24.1 Å². The minimum atomic E-state index is -0.382. The molecule has 1 aromatic carbocycles. The van der Waals surface area contributed by atoms with Crippen molar-refractivity contribution in [3.05, 3.63) is 40.7 Å². The van der Waals surface area contributed by atoms with Gasteiger partial charge in [0.25, 0.3) is 0 Å². The molecule has 1 amide bonds. The average Bonchev–Trinajstić information content (AvgIpc) is 3.06. The number of hydrogen-bond donors (Lipinski definition) is 1. The molecule has 3 aromatic rings. The van der Waals surface area contributed by atoms with Gasteiger partial charge in [-0.2, -0.15) is 15.8 Å². The normalized spacial score (nSPS) is 10.1. The molecule has 31 heavy (non-hydrogen) atoms. The highest BCUT2D eigenvalue weighted by Crippen LogP contribution is 2.31. The highest BCUT2D eigenvalue weighted by Gasteiger charge is 2.23. The monoisotopic (exact) mass is 415 g/mol. The van der Waals surface area contributed by atoms with Gasteiger partial charge in [0.15, 0.2) is 28.5 Å². The molecule has 0 spiro atoms. The third-order valence-electron chi connectivity index (χ3n) is 4.57. The zero-order chi connectivity index (χ0) is 22.5. The van der Waals surface area contributed by atoms with Crippen LogP contribution in [0.2, 0.25) is 0 Å². The topological polar surface area (TPSA) is 150 Å². The second-order valence-corrected chi connectivity index (χ2v) is 6.42. The molecule has 1 N–H and O–H groups in total. The minimum Gasteiger partial charge on any atom is -0.493 e. The number of amides is 1. The quantitative estimate of drug-likeness (QED) is 0.644. The Morgan fingerprint density at radius 3 is 2.32 bits per heavy atom. The van der Waals surface area contributed by atoms with E-state index in [4.69, 9.17) is 9.47 Å². The molecule has 0 aliphatic heterocycles. The summed E-state index contributed by atoms with van der Waals surface area (Å²) >= 11 is 0. The molecule has 154 valence electrons. The van der Waals surface area contributed by atoms with E-state index >= 15 is 0 Å². The molecule has 0 radical (unpaired) electrons. The lowest BCUT2D eigenvalue weighted by Gasteiger charge is -2.12. The van der Waals surface area contributed by atoms with E-state index in [1.54, 1.807) is 24.9 Å². The number of methoxy groups -OCH3 is 2. The molecule has 0 saturated carbocycles. The van der Waals surface area contributed by atoms with E-state index in [0.29, 0.717) is 24.5 Å². The largest absolute Gasteiger partial charge is 0.493 e. The van der Waals surface area contributed by atoms with Crippen LogP contribution >= 0.6 is 0 Å². The van der Waals surface area contributed by atoms with Crippen molar-refractivity contribution in [1.82, 2.24) is 14.5 Å². The number of nitriles is 3. The number of fused-ring (bicyclic) bond motifs is 1. The number of anilines is 1. The summed E-state index contributed by atoms with van der Waals surface area (Å²) in [4.78, 5) is 20.2. The molecule has 0 aliphatic carbocycles. The van der Waals surface area contributed by atoms with E-state index < -0.39 is 0 Å². The van der Waals surface area contributed by atoms with Crippen LogP contribution in [-0.2, 0) is 17.8 Å². The maximum absolute atomic E-state index is 11.8. The van der Waals surface area contributed by atoms with Crippen molar-refractivity contribution in [2.75, 3.05) is 19.5 Å². The van der Waals surface area contributed by atoms with Crippen LogP contribution < -0.4 is 14.8 Å². The highest BCUT2D eigenvalue weighted by molar-refractivity contribution is 5.96. The fourth-order valence-corrected chi connectivity index (χ4v) is 3.19. The van der Waals surface area contributed by atoms with Gasteiger partial charge >= 0.3 is 0 Å². The molecule has 10 heteroatoms. The maximum Gasteiger partial charge on any atom is 0.222 e. The van der Waals surface area contributed by atoms with Crippen LogP contribution in [0.25, 0.3) is 11.2 Å². The van der Waals surface area contributed by atoms with Crippen LogP contribution in [-0.4, -0.2) is 34.7 Å². The van der Waals surface area contributed by atoms with E-state index in [-0.39, 0.29) is 39.8 Å². The number of nitrogens with one attached hydrogen (secondary N) is 1. The summed E-state index contributed by atoms with van der Waals surface area (Å²) in [5.74, 6) is 0.997. The van der Waals surface area contributed by atoms with Crippen molar-refractivity contribution in [3.8, 4) is 29.7 Å². The summed E-state index contributed by atoms with van der Waals surface area (Å²) in [6, 6.07) is 11.2. The average molecular weight is 415 g/mol. The first-order chi connectivity index (χ1) is 15.0. The summed E-state index contributed by atoms with van der Waals surface area (Å²) in [5.41, 5.74) is 1.03. The zero-order valence-corrected chi connectivity index (χ0v) is 17.1. The number of aromatic nitrogens is 3. The summed E-state index contributed by atoms with van der Waals surface area (Å²) in [6.07, 6.45) is 0.491. The Labute approximate surface area is 177 Å². The van der Waals surface area contributed by atoms with Gasteiger partial charge in [-0.15, -0.1) is 0 Å². The van der Waals surface area contributed by atoms with Gasteiger partial charge in [-0.25, -0.2) is 9.97 Å². The number of nitrogens with zero attached hydrogens (tertiary/aromatic N) is 6. The number of carbonyl (C=O) groups excluding carboxylic acids is 1. The molecular weight excluding hydrogens is 398 g/mol. The smallest absolute Gasteiger partial charge is 0.222 e. The molecule has 0 aliphatic rings. The lowest BCUT2D eigenvalue weighted by atomic mass is 10.1. The predicted octanol–water partition coefficient (Wildman–Crippen LogP) is 2.26. The van der Waals surface area contributed by atoms with Gasteiger partial charge in [0.05, 0.1) is 14.2 Å². The Morgan fingerprint density at radius 2 is 1.74 bits per heavy atom. The zero-order valence-electron chi connectivity index (χ0n) is 17.1. The van der Waals surface area contributed by atoms with Crippen LogP contribution in [0.4, 0.5) is 5.82 Å². The predicted molar refractivity (Wildman–Crippen MR) is 109 cm³/mol. The van der Waals surface area contributed by atoms with E-state index in [1.165, 1.54) is 6.92 Å². The van der Waals surface area contributed by atoms with Crippen molar-refractivity contribution in [3.63, 3.8) is 0 Å². The Bertz CT molecular complexity index is 1310. The molecule has 0 fully saturated rings. The van der Waals surface area contributed by atoms with Crippen molar-refractivity contribution >= 4 is 22.9 Å². The van der Waals surface area contributed by atoms with Crippen LogP contribution in [0, 0.1) is 34.0 Å². The molecule has 2 aromatic heterocycles. The molecule has 0 saturated heterocycles. The second-order valence-electron chi connectivity index (χ2n) is 6.42. The van der Waals surface area contributed by atoms with Gasteiger partial charge in [0, 0.05) is 13.5 Å². The molecule has 0 bridgehead atoms. The minimum absolute atomic E-state index is 0.0750. The fraction of sp³-hybridized carbons (Fsp3) is 0.238. The summed E-state index contributed by atoms with van der Waals surface area (Å²) < 4.78 is 12.2. The van der Waals surface area contributed by atoms with Crippen molar-refractivity contribution < 1.29 is 14.3 Å².